The van der Waals surface area contributed by atoms with Crippen molar-refractivity contribution < 1.29 is 24.6 Å². The summed E-state index contributed by atoms with van der Waals surface area (Å²) in [6.45, 7) is 0. The standard InChI is InChI=1S/C15H13ClN2O5/c1-17(2)15(23)18-7-10(12(19)6-13(20)14(21)22)9-5-8(16)3-4-11(9)18/h3-7,19H,1-2H3,(H,21,22). The molecule has 0 atom stereocenters. The van der Waals surface area contributed by atoms with Gasteiger partial charge in [0.1, 0.15) is 5.76 Å². The van der Waals surface area contributed by atoms with Crippen LogP contribution in [0.3, 0.4) is 0 Å². The number of hydrogen-bond donors (Lipinski definition) is 2. The predicted molar refractivity (Wildman–Crippen MR) is 84.7 cm³/mol. The molecular weight excluding hydrogens is 324 g/mol. The van der Waals surface area contributed by atoms with E-state index in [2.05, 4.69) is 0 Å². The number of benzene rings is 1. The zero-order valence-electron chi connectivity index (χ0n) is 12.3. The average Bonchev–Trinajstić information content (AvgIpc) is 2.84. The molecule has 0 saturated carbocycles. The number of aromatic nitrogens is 1. The van der Waals surface area contributed by atoms with Crippen LogP contribution in [-0.4, -0.2) is 51.6 Å². The van der Waals surface area contributed by atoms with E-state index < -0.39 is 17.5 Å². The molecule has 2 aromatic rings. The molecular formula is C15H13ClN2O5. The molecule has 7 nitrogen and oxygen atoms in total. The summed E-state index contributed by atoms with van der Waals surface area (Å²) in [5.74, 6) is -3.53. The van der Waals surface area contributed by atoms with E-state index in [1.54, 1.807) is 26.2 Å². The van der Waals surface area contributed by atoms with Crippen LogP contribution >= 0.6 is 11.6 Å². The zero-order chi connectivity index (χ0) is 17.3. The molecule has 120 valence electrons. The van der Waals surface area contributed by atoms with Crippen molar-refractivity contribution in [2.75, 3.05) is 14.1 Å². The zero-order valence-corrected chi connectivity index (χ0v) is 13.0. The topological polar surface area (TPSA) is 99.8 Å². The van der Waals surface area contributed by atoms with Crippen molar-refractivity contribution in [1.29, 1.82) is 0 Å². The fraction of sp³-hybridized carbons (Fsp3) is 0.133. The van der Waals surface area contributed by atoms with E-state index in [0.717, 1.165) is 0 Å². The third-order valence-electron chi connectivity index (χ3n) is 3.11. The van der Waals surface area contributed by atoms with Gasteiger partial charge in [0.15, 0.2) is 0 Å². The molecule has 1 aromatic carbocycles. The van der Waals surface area contributed by atoms with Crippen LogP contribution in [-0.2, 0) is 9.59 Å². The van der Waals surface area contributed by atoms with Crippen molar-refractivity contribution in [2.45, 2.75) is 0 Å². The minimum Gasteiger partial charge on any atom is -0.507 e. The Hall–Kier alpha value is -2.80. The number of aliphatic carboxylic acids is 1. The van der Waals surface area contributed by atoms with Crippen molar-refractivity contribution in [3.63, 3.8) is 0 Å². The van der Waals surface area contributed by atoms with Crippen LogP contribution in [0.4, 0.5) is 4.79 Å². The van der Waals surface area contributed by atoms with E-state index in [1.165, 1.54) is 21.7 Å². The number of rotatable bonds is 3. The quantitative estimate of drug-likeness (QED) is 0.509. The Balaban J connectivity index is 2.69. The van der Waals surface area contributed by atoms with Crippen LogP contribution in [0.2, 0.25) is 5.02 Å². The Bertz CT molecular complexity index is 851. The van der Waals surface area contributed by atoms with Gasteiger partial charge in [0.25, 0.3) is 5.78 Å². The van der Waals surface area contributed by atoms with Gasteiger partial charge in [-0.05, 0) is 18.2 Å². The highest BCUT2D eigenvalue weighted by molar-refractivity contribution is 6.38. The van der Waals surface area contributed by atoms with Gasteiger partial charge in [0.05, 0.1) is 5.52 Å². The number of halogens is 1. The summed E-state index contributed by atoms with van der Waals surface area (Å²) in [6.07, 6.45) is 1.91. The van der Waals surface area contributed by atoms with Gasteiger partial charge >= 0.3 is 12.0 Å². The number of amides is 1. The third kappa shape index (κ3) is 3.19. The summed E-state index contributed by atoms with van der Waals surface area (Å²) in [5.41, 5.74) is 0.595. The first kappa shape index (κ1) is 16.6. The van der Waals surface area contributed by atoms with Crippen LogP contribution in [0.25, 0.3) is 16.7 Å². The maximum Gasteiger partial charge on any atom is 0.376 e. The van der Waals surface area contributed by atoms with Crippen LogP contribution in [0, 0.1) is 0 Å². The van der Waals surface area contributed by atoms with Crippen molar-refractivity contribution >= 4 is 46.0 Å². The van der Waals surface area contributed by atoms with Gasteiger partial charge in [-0.2, -0.15) is 0 Å². The Labute approximate surface area is 136 Å². The van der Waals surface area contributed by atoms with E-state index in [4.69, 9.17) is 16.7 Å². The molecule has 1 amide bonds. The van der Waals surface area contributed by atoms with Crippen molar-refractivity contribution in [2.24, 2.45) is 0 Å². The fourth-order valence-electron chi connectivity index (χ4n) is 2.04. The normalized spacial score (nSPS) is 11.5. The lowest BCUT2D eigenvalue weighted by Gasteiger charge is -2.11. The molecule has 0 unspecified atom stereocenters. The Morgan fingerprint density at radius 2 is 1.87 bits per heavy atom. The van der Waals surface area contributed by atoms with E-state index >= 15 is 0 Å². The molecule has 1 aromatic heterocycles. The van der Waals surface area contributed by atoms with Crippen LogP contribution < -0.4 is 0 Å². The Morgan fingerprint density at radius 1 is 1.22 bits per heavy atom. The third-order valence-corrected chi connectivity index (χ3v) is 3.34. The fourth-order valence-corrected chi connectivity index (χ4v) is 2.22. The molecule has 23 heavy (non-hydrogen) atoms. The van der Waals surface area contributed by atoms with Gasteiger partial charge in [0, 0.05) is 42.3 Å². The number of carboxylic acids is 1. The highest BCUT2D eigenvalue weighted by atomic mass is 35.5. The van der Waals surface area contributed by atoms with Gasteiger partial charge in [-0.25, -0.2) is 9.59 Å². The number of carbonyl (C=O) groups excluding carboxylic acids is 2. The smallest absolute Gasteiger partial charge is 0.376 e. The lowest BCUT2D eigenvalue weighted by atomic mass is 10.1. The molecule has 1 heterocycles. The van der Waals surface area contributed by atoms with Crippen molar-refractivity contribution in [3.05, 3.63) is 41.1 Å². The molecule has 0 bridgehead atoms. The first-order chi connectivity index (χ1) is 10.7. The molecule has 0 spiro atoms. The first-order valence-corrected chi connectivity index (χ1v) is 6.80. The van der Waals surface area contributed by atoms with Crippen molar-refractivity contribution in [3.8, 4) is 0 Å². The van der Waals surface area contributed by atoms with Gasteiger partial charge < -0.3 is 15.1 Å². The summed E-state index contributed by atoms with van der Waals surface area (Å²) in [7, 11) is 3.13. The summed E-state index contributed by atoms with van der Waals surface area (Å²) < 4.78 is 1.27. The van der Waals surface area contributed by atoms with Crippen LogP contribution in [0.5, 0.6) is 0 Å². The number of fused-ring (bicyclic) bond motifs is 1. The Kier molecular flexibility index (Phi) is 4.42. The van der Waals surface area contributed by atoms with E-state index in [9.17, 15) is 19.5 Å². The molecule has 2 N–H and O–H groups in total. The lowest BCUT2D eigenvalue weighted by Crippen LogP contribution is -2.26. The van der Waals surface area contributed by atoms with E-state index in [-0.39, 0.29) is 11.6 Å². The molecule has 0 aliphatic heterocycles. The van der Waals surface area contributed by atoms with Crippen LogP contribution in [0.15, 0.2) is 30.5 Å². The number of hydrogen-bond acceptors (Lipinski definition) is 4. The maximum atomic E-state index is 12.2. The van der Waals surface area contributed by atoms with Crippen molar-refractivity contribution in [1.82, 2.24) is 9.47 Å². The second-order valence-electron chi connectivity index (χ2n) is 4.95. The SMILES string of the molecule is CN(C)C(=O)n1cc(C(O)=CC(=O)C(=O)O)c2cc(Cl)ccc21. The molecule has 0 radical (unpaired) electrons. The molecule has 0 saturated heterocycles. The monoisotopic (exact) mass is 336 g/mol. The van der Waals surface area contributed by atoms with E-state index in [0.29, 0.717) is 22.0 Å². The maximum absolute atomic E-state index is 12.2. The molecule has 8 heteroatoms. The number of aliphatic hydroxyl groups is 1. The molecule has 0 aliphatic carbocycles. The number of carbonyl (C=O) groups is 3. The van der Waals surface area contributed by atoms with Gasteiger partial charge in [-0.1, -0.05) is 11.6 Å². The summed E-state index contributed by atoms with van der Waals surface area (Å²) in [5, 5.41) is 19.5. The first-order valence-electron chi connectivity index (χ1n) is 6.43. The summed E-state index contributed by atoms with van der Waals surface area (Å²) in [4.78, 5) is 35.4. The lowest BCUT2D eigenvalue weighted by molar-refractivity contribution is -0.146. The number of carboxylic acid groups (broad SMARTS) is 1. The minimum atomic E-state index is -1.69. The molecule has 0 aliphatic rings. The molecule has 2 rings (SSSR count). The Morgan fingerprint density at radius 3 is 2.43 bits per heavy atom. The van der Waals surface area contributed by atoms with E-state index in [1.807, 2.05) is 0 Å². The highest BCUT2D eigenvalue weighted by Crippen LogP contribution is 2.29. The number of ketones is 1. The highest BCUT2D eigenvalue weighted by Gasteiger charge is 2.19. The van der Waals surface area contributed by atoms with Gasteiger partial charge in [-0.3, -0.25) is 9.36 Å². The van der Waals surface area contributed by atoms with Gasteiger partial charge in [-0.15, -0.1) is 0 Å². The average molecular weight is 337 g/mol. The summed E-state index contributed by atoms with van der Waals surface area (Å²) in [6, 6.07) is 4.31. The number of nitrogens with zero attached hydrogens (tertiary/aromatic N) is 2. The molecule has 0 fully saturated rings. The second-order valence-corrected chi connectivity index (χ2v) is 5.39. The number of aliphatic hydroxyl groups excluding tert-OH is 1. The second kappa shape index (κ2) is 6.13. The largest absolute Gasteiger partial charge is 0.507 e. The predicted octanol–water partition coefficient (Wildman–Crippen LogP) is 2.38. The minimum absolute atomic E-state index is 0.132. The van der Waals surface area contributed by atoms with Gasteiger partial charge in [0.2, 0.25) is 0 Å². The van der Waals surface area contributed by atoms with Crippen LogP contribution in [0.1, 0.15) is 5.56 Å². The summed E-state index contributed by atoms with van der Waals surface area (Å²) >= 11 is 5.94.